The van der Waals surface area contributed by atoms with Crippen LogP contribution in [0.3, 0.4) is 0 Å². The van der Waals surface area contributed by atoms with Gasteiger partial charge in [0.25, 0.3) is 0 Å². The van der Waals surface area contributed by atoms with Crippen molar-refractivity contribution >= 4 is 17.4 Å². The first-order valence-electron chi connectivity index (χ1n) is 5.98. The molecule has 0 saturated heterocycles. The van der Waals surface area contributed by atoms with Crippen LogP contribution in [0, 0.1) is 24.1 Å². The number of nitrogens with zero attached hydrogens (tertiary/aromatic N) is 1. The molecule has 0 spiro atoms. The molecule has 0 aliphatic rings. The summed E-state index contributed by atoms with van der Waals surface area (Å²) < 4.78 is 13.8. The zero-order chi connectivity index (χ0) is 14.7. The van der Waals surface area contributed by atoms with Crippen LogP contribution in [-0.4, -0.2) is 5.78 Å². The van der Waals surface area contributed by atoms with Gasteiger partial charge in [-0.1, -0.05) is 29.8 Å². The highest BCUT2D eigenvalue weighted by molar-refractivity contribution is 6.30. The Bertz CT molecular complexity index is 689. The molecule has 0 fully saturated rings. The van der Waals surface area contributed by atoms with E-state index in [0.717, 1.165) is 5.56 Å². The highest BCUT2D eigenvalue weighted by Crippen LogP contribution is 2.24. The van der Waals surface area contributed by atoms with Crippen molar-refractivity contribution in [3.8, 4) is 6.07 Å². The molecule has 1 unspecified atom stereocenters. The molecule has 0 aromatic heterocycles. The molecule has 1 atom stereocenters. The van der Waals surface area contributed by atoms with Crippen molar-refractivity contribution in [2.75, 3.05) is 0 Å². The summed E-state index contributed by atoms with van der Waals surface area (Å²) in [5.41, 5.74) is 1.15. The molecule has 2 aromatic carbocycles. The lowest BCUT2D eigenvalue weighted by Crippen LogP contribution is -2.13. The van der Waals surface area contributed by atoms with Gasteiger partial charge >= 0.3 is 0 Å². The molecule has 0 heterocycles. The van der Waals surface area contributed by atoms with Crippen molar-refractivity contribution in [1.82, 2.24) is 0 Å². The zero-order valence-electron chi connectivity index (χ0n) is 10.7. The largest absolute Gasteiger partial charge is 0.292 e. The van der Waals surface area contributed by atoms with Gasteiger partial charge in [0.15, 0.2) is 5.78 Å². The van der Waals surface area contributed by atoms with Crippen LogP contribution in [0.5, 0.6) is 0 Å². The number of halogens is 2. The molecule has 100 valence electrons. The minimum absolute atomic E-state index is 0.0721. The Morgan fingerprint density at radius 3 is 2.45 bits per heavy atom. The van der Waals surface area contributed by atoms with Crippen LogP contribution in [0.4, 0.5) is 4.39 Å². The Morgan fingerprint density at radius 2 is 1.90 bits per heavy atom. The van der Waals surface area contributed by atoms with E-state index in [1.807, 2.05) is 6.07 Å². The zero-order valence-corrected chi connectivity index (χ0v) is 11.5. The quantitative estimate of drug-likeness (QED) is 0.791. The van der Waals surface area contributed by atoms with Crippen LogP contribution in [0.2, 0.25) is 5.02 Å². The van der Waals surface area contributed by atoms with Crippen LogP contribution >= 0.6 is 11.6 Å². The van der Waals surface area contributed by atoms with Crippen molar-refractivity contribution in [3.05, 3.63) is 70.0 Å². The summed E-state index contributed by atoms with van der Waals surface area (Å²) in [7, 11) is 0. The standard InChI is InChI=1S/C16H11ClFNO/c1-10-2-7-13(15(18)8-10)16(20)14(9-19)11-3-5-12(17)6-4-11/h2-8,14H,1H3. The molecule has 0 saturated carbocycles. The van der Waals surface area contributed by atoms with Gasteiger partial charge < -0.3 is 0 Å². The summed E-state index contributed by atoms with van der Waals surface area (Å²) in [6.45, 7) is 1.73. The molecule has 4 heteroatoms. The van der Waals surface area contributed by atoms with Crippen LogP contribution in [0.15, 0.2) is 42.5 Å². The summed E-state index contributed by atoms with van der Waals surface area (Å²) in [4.78, 5) is 12.3. The summed E-state index contributed by atoms with van der Waals surface area (Å²) in [6.07, 6.45) is 0. The Morgan fingerprint density at radius 1 is 1.25 bits per heavy atom. The fourth-order valence-corrected chi connectivity index (χ4v) is 2.04. The second kappa shape index (κ2) is 5.85. The van der Waals surface area contributed by atoms with Gasteiger partial charge in [-0.3, -0.25) is 4.79 Å². The number of carbonyl (C=O) groups excluding carboxylic acids is 1. The Kier molecular flexibility index (Phi) is 4.16. The molecule has 0 aliphatic carbocycles. The number of Topliss-reactive ketones (excluding diaryl/α,β-unsaturated/α-hetero) is 1. The van der Waals surface area contributed by atoms with E-state index in [1.54, 1.807) is 37.3 Å². The molecule has 2 rings (SSSR count). The molecule has 0 radical (unpaired) electrons. The van der Waals surface area contributed by atoms with Gasteiger partial charge in [-0.25, -0.2) is 4.39 Å². The molecule has 20 heavy (non-hydrogen) atoms. The maximum absolute atomic E-state index is 13.8. The number of rotatable bonds is 3. The third-order valence-corrected chi connectivity index (χ3v) is 3.24. The highest BCUT2D eigenvalue weighted by Gasteiger charge is 2.24. The molecular formula is C16H11ClFNO. The summed E-state index contributed by atoms with van der Waals surface area (Å²) >= 11 is 5.77. The number of nitriles is 1. The number of hydrogen-bond donors (Lipinski definition) is 0. The normalized spacial score (nSPS) is 11.7. The van der Waals surface area contributed by atoms with Crippen LogP contribution in [0.1, 0.15) is 27.4 Å². The maximum Gasteiger partial charge on any atom is 0.187 e. The first kappa shape index (κ1) is 14.2. The third kappa shape index (κ3) is 2.87. The summed E-state index contributed by atoms with van der Waals surface area (Å²) in [5.74, 6) is -2.19. The van der Waals surface area contributed by atoms with E-state index in [9.17, 15) is 14.4 Å². The van der Waals surface area contributed by atoms with Gasteiger partial charge in [0.05, 0.1) is 11.6 Å². The van der Waals surface area contributed by atoms with E-state index < -0.39 is 17.5 Å². The van der Waals surface area contributed by atoms with Crippen molar-refractivity contribution < 1.29 is 9.18 Å². The van der Waals surface area contributed by atoms with E-state index in [0.29, 0.717) is 10.6 Å². The average Bonchev–Trinajstić information content (AvgIpc) is 2.41. The van der Waals surface area contributed by atoms with E-state index in [2.05, 4.69) is 0 Å². The number of ketones is 1. The van der Waals surface area contributed by atoms with Gasteiger partial charge in [0, 0.05) is 5.02 Å². The van der Waals surface area contributed by atoms with Gasteiger partial charge in [0.2, 0.25) is 0 Å². The number of aryl methyl sites for hydroxylation is 1. The van der Waals surface area contributed by atoms with E-state index >= 15 is 0 Å². The lowest BCUT2D eigenvalue weighted by atomic mass is 9.91. The lowest BCUT2D eigenvalue weighted by Gasteiger charge is -2.10. The molecule has 0 amide bonds. The van der Waals surface area contributed by atoms with Crippen LogP contribution < -0.4 is 0 Å². The minimum Gasteiger partial charge on any atom is -0.292 e. The Hall–Kier alpha value is -2.18. The topological polar surface area (TPSA) is 40.9 Å². The Labute approximate surface area is 121 Å². The van der Waals surface area contributed by atoms with E-state index in [-0.39, 0.29) is 5.56 Å². The molecule has 2 aromatic rings. The minimum atomic E-state index is -1.04. The molecular weight excluding hydrogens is 277 g/mol. The third-order valence-electron chi connectivity index (χ3n) is 2.98. The highest BCUT2D eigenvalue weighted by atomic mass is 35.5. The van der Waals surface area contributed by atoms with Crippen molar-refractivity contribution in [1.29, 1.82) is 5.26 Å². The molecule has 0 N–H and O–H groups in total. The number of carbonyl (C=O) groups is 1. The second-order valence-electron chi connectivity index (χ2n) is 4.46. The first-order chi connectivity index (χ1) is 9.52. The lowest BCUT2D eigenvalue weighted by molar-refractivity contribution is 0.0975. The maximum atomic E-state index is 13.8. The number of hydrogen-bond acceptors (Lipinski definition) is 2. The van der Waals surface area contributed by atoms with Gasteiger partial charge in [-0.2, -0.15) is 5.26 Å². The van der Waals surface area contributed by atoms with Crippen LogP contribution in [0.25, 0.3) is 0 Å². The van der Waals surface area contributed by atoms with Crippen molar-refractivity contribution in [2.45, 2.75) is 12.8 Å². The molecule has 0 aliphatic heterocycles. The summed E-state index contributed by atoms with van der Waals surface area (Å²) in [5, 5.41) is 9.71. The van der Waals surface area contributed by atoms with Crippen LogP contribution in [-0.2, 0) is 0 Å². The van der Waals surface area contributed by atoms with Crippen molar-refractivity contribution in [3.63, 3.8) is 0 Å². The predicted molar refractivity (Wildman–Crippen MR) is 75.3 cm³/mol. The predicted octanol–water partition coefficient (Wildman–Crippen LogP) is 4.28. The van der Waals surface area contributed by atoms with E-state index in [4.69, 9.17) is 11.6 Å². The first-order valence-corrected chi connectivity index (χ1v) is 6.36. The molecule has 0 bridgehead atoms. The monoisotopic (exact) mass is 287 g/mol. The fourth-order valence-electron chi connectivity index (χ4n) is 1.92. The van der Waals surface area contributed by atoms with E-state index in [1.165, 1.54) is 12.1 Å². The molecule has 2 nitrogen and oxygen atoms in total. The van der Waals surface area contributed by atoms with Crippen molar-refractivity contribution in [2.24, 2.45) is 0 Å². The van der Waals surface area contributed by atoms with Gasteiger partial charge in [-0.05, 0) is 42.3 Å². The SMILES string of the molecule is Cc1ccc(C(=O)C(C#N)c2ccc(Cl)cc2)c(F)c1. The van der Waals surface area contributed by atoms with Gasteiger partial charge in [0.1, 0.15) is 11.7 Å². The fraction of sp³-hybridized carbons (Fsp3) is 0.125. The average molecular weight is 288 g/mol. The van der Waals surface area contributed by atoms with Gasteiger partial charge in [-0.15, -0.1) is 0 Å². The summed E-state index contributed by atoms with van der Waals surface area (Å²) in [6, 6.07) is 12.6. The Balaban J connectivity index is 2.39. The smallest absolute Gasteiger partial charge is 0.187 e. The number of benzene rings is 2. The second-order valence-corrected chi connectivity index (χ2v) is 4.90.